The lowest BCUT2D eigenvalue weighted by Gasteiger charge is -2.23. The minimum atomic E-state index is -3.80. The molecule has 1 unspecified atom stereocenters. The average molecular weight is 308 g/mol. The highest BCUT2D eigenvalue weighted by molar-refractivity contribution is 5.91. The number of ether oxygens (including phenoxy) is 1. The standard InChI is InChI=1S/C17H18F2O3/c1-3-5-7-12-14(20)17(18,19)15(4-2)22-16(21)13-10-8-6-9-11-13/h3-4,6,8-11,15H,1-2,5,7,12H2. The van der Waals surface area contributed by atoms with Crippen LogP contribution in [0.5, 0.6) is 0 Å². The number of esters is 1. The van der Waals surface area contributed by atoms with Gasteiger partial charge in [-0.3, -0.25) is 4.79 Å². The van der Waals surface area contributed by atoms with Crippen molar-refractivity contribution < 1.29 is 23.1 Å². The number of halogens is 2. The number of rotatable bonds is 9. The lowest BCUT2D eigenvalue weighted by atomic mass is 10.0. The van der Waals surface area contributed by atoms with Gasteiger partial charge in [0, 0.05) is 6.42 Å². The van der Waals surface area contributed by atoms with Gasteiger partial charge in [-0.2, -0.15) is 8.78 Å². The van der Waals surface area contributed by atoms with Crippen LogP contribution in [0.4, 0.5) is 8.78 Å². The van der Waals surface area contributed by atoms with Crippen molar-refractivity contribution in [3.05, 3.63) is 61.2 Å². The van der Waals surface area contributed by atoms with Crippen LogP contribution in [0, 0.1) is 0 Å². The Hall–Kier alpha value is -2.30. The van der Waals surface area contributed by atoms with E-state index in [2.05, 4.69) is 13.2 Å². The van der Waals surface area contributed by atoms with Crippen LogP contribution in [0.25, 0.3) is 0 Å². The molecule has 0 bridgehead atoms. The number of alkyl halides is 2. The molecule has 3 nitrogen and oxygen atoms in total. The fourth-order valence-electron chi connectivity index (χ4n) is 1.76. The van der Waals surface area contributed by atoms with Crippen molar-refractivity contribution in [2.75, 3.05) is 0 Å². The molecule has 0 aromatic heterocycles. The second-order valence-electron chi connectivity index (χ2n) is 4.65. The number of carbonyl (C=O) groups excluding carboxylic acids is 2. The van der Waals surface area contributed by atoms with Gasteiger partial charge in [0.1, 0.15) is 0 Å². The van der Waals surface area contributed by atoms with E-state index in [1.165, 1.54) is 12.1 Å². The van der Waals surface area contributed by atoms with Gasteiger partial charge in [0.25, 0.3) is 0 Å². The van der Waals surface area contributed by atoms with E-state index in [-0.39, 0.29) is 18.4 Å². The third-order valence-corrected chi connectivity index (χ3v) is 3.00. The molecule has 5 heteroatoms. The maximum absolute atomic E-state index is 14.1. The van der Waals surface area contributed by atoms with Crippen molar-refractivity contribution in [1.82, 2.24) is 0 Å². The number of unbranched alkanes of at least 4 members (excludes halogenated alkanes) is 1. The quantitative estimate of drug-likeness (QED) is 0.394. The van der Waals surface area contributed by atoms with Gasteiger partial charge in [-0.05, 0) is 31.1 Å². The van der Waals surface area contributed by atoms with Crippen molar-refractivity contribution in [2.24, 2.45) is 0 Å². The predicted molar refractivity (Wildman–Crippen MR) is 79.8 cm³/mol. The second-order valence-corrected chi connectivity index (χ2v) is 4.65. The van der Waals surface area contributed by atoms with E-state index in [0.717, 1.165) is 6.08 Å². The molecule has 22 heavy (non-hydrogen) atoms. The molecule has 0 amide bonds. The molecule has 0 aliphatic carbocycles. The topological polar surface area (TPSA) is 43.4 Å². The minimum absolute atomic E-state index is 0.129. The summed E-state index contributed by atoms with van der Waals surface area (Å²) in [6, 6.07) is 7.72. The van der Waals surface area contributed by atoms with Gasteiger partial charge < -0.3 is 4.74 Å². The number of Topliss-reactive ketones (excluding diaryl/α,β-unsaturated/α-hetero) is 1. The fraction of sp³-hybridized carbons (Fsp3) is 0.294. The number of ketones is 1. The highest BCUT2D eigenvalue weighted by Gasteiger charge is 2.47. The van der Waals surface area contributed by atoms with Crippen LogP contribution in [0.15, 0.2) is 55.6 Å². The molecular weight excluding hydrogens is 290 g/mol. The maximum Gasteiger partial charge on any atom is 0.344 e. The van der Waals surface area contributed by atoms with E-state index in [1.807, 2.05) is 0 Å². The zero-order valence-electron chi connectivity index (χ0n) is 12.1. The zero-order chi connectivity index (χ0) is 16.6. The van der Waals surface area contributed by atoms with Crippen LogP contribution in [0.3, 0.4) is 0 Å². The van der Waals surface area contributed by atoms with Gasteiger partial charge in [-0.15, -0.1) is 6.58 Å². The largest absolute Gasteiger partial charge is 0.448 e. The van der Waals surface area contributed by atoms with E-state index in [9.17, 15) is 18.4 Å². The highest BCUT2D eigenvalue weighted by Crippen LogP contribution is 2.26. The Labute approximate surface area is 128 Å². The predicted octanol–water partition coefficient (Wildman–Crippen LogP) is 3.96. The molecular formula is C17H18F2O3. The number of hydrogen-bond acceptors (Lipinski definition) is 3. The van der Waals surface area contributed by atoms with Crippen LogP contribution in [0.1, 0.15) is 29.6 Å². The Balaban J connectivity index is 2.76. The molecule has 0 saturated carbocycles. The number of carbonyl (C=O) groups is 2. The van der Waals surface area contributed by atoms with Crippen LogP contribution >= 0.6 is 0 Å². The van der Waals surface area contributed by atoms with E-state index >= 15 is 0 Å². The van der Waals surface area contributed by atoms with Gasteiger partial charge >= 0.3 is 11.9 Å². The third kappa shape index (κ3) is 4.62. The van der Waals surface area contributed by atoms with Crippen molar-refractivity contribution in [1.29, 1.82) is 0 Å². The van der Waals surface area contributed by atoms with Gasteiger partial charge in [0.2, 0.25) is 5.78 Å². The van der Waals surface area contributed by atoms with Crippen LogP contribution in [-0.4, -0.2) is 23.8 Å². The van der Waals surface area contributed by atoms with Crippen molar-refractivity contribution >= 4 is 11.8 Å². The summed E-state index contributed by atoms with van der Waals surface area (Å²) in [5.41, 5.74) is 0.129. The lowest BCUT2D eigenvalue weighted by molar-refractivity contribution is -0.156. The monoisotopic (exact) mass is 308 g/mol. The Morgan fingerprint density at radius 2 is 1.86 bits per heavy atom. The summed E-state index contributed by atoms with van der Waals surface area (Å²) in [4.78, 5) is 23.5. The molecule has 0 aliphatic heterocycles. The highest BCUT2D eigenvalue weighted by atomic mass is 19.3. The van der Waals surface area contributed by atoms with E-state index in [0.29, 0.717) is 6.42 Å². The summed E-state index contributed by atoms with van der Waals surface area (Å²) in [6.45, 7) is 6.69. The van der Waals surface area contributed by atoms with E-state index in [4.69, 9.17) is 4.74 Å². The van der Waals surface area contributed by atoms with Crippen molar-refractivity contribution in [3.8, 4) is 0 Å². The number of allylic oxidation sites excluding steroid dienone is 1. The minimum Gasteiger partial charge on any atom is -0.448 e. The van der Waals surface area contributed by atoms with Crippen molar-refractivity contribution in [3.63, 3.8) is 0 Å². The summed E-state index contributed by atoms with van der Waals surface area (Å²) < 4.78 is 32.9. The maximum atomic E-state index is 14.1. The van der Waals surface area contributed by atoms with Crippen LogP contribution < -0.4 is 0 Å². The van der Waals surface area contributed by atoms with Gasteiger partial charge in [0.15, 0.2) is 6.10 Å². The summed E-state index contributed by atoms with van der Waals surface area (Å²) in [7, 11) is 0. The second kappa shape index (κ2) is 8.22. The summed E-state index contributed by atoms with van der Waals surface area (Å²) >= 11 is 0. The number of benzene rings is 1. The van der Waals surface area contributed by atoms with Crippen LogP contribution in [0.2, 0.25) is 0 Å². The summed E-state index contributed by atoms with van der Waals surface area (Å²) in [5, 5.41) is 0. The summed E-state index contributed by atoms with van der Waals surface area (Å²) in [6.07, 6.45) is 0.750. The Kier molecular flexibility index (Phi) is 6.63. The fourth-order valence-corrected chi connectivity index (χ4v) is 1.76. The third-order valence-electron chi connectivity index (χ3n) is 3.00. The molecule has 0 spiro atoms. The zero-order valence-corrected chi connectivity index (χ0v) is 12.1. The molecule has 0 aliphatic rings. The molecule has 0 saturated heterocycles. The molecule has 0 N–H and O–H groups in total. The average Bonchev–Trinajstić information content (AvgIpc) is 2.53. The molecule has 0 fully saturated rings. The first-order valence-corrected chi connectivity index (χ1v) is 6.84. The molecule has 0 radical (unpaired) electrons. The Morgan fingerprint density at radius 3 is 2.41 bits per heavy atom. The lowest BCUT2D eigenvalue weighted by Crippen LogP contribution is -2.43. The molecule has 1 aromatic carbocycles. The molecule has 1 rings (SSSR count). The molecule has 1 aromatic rings. The van der Waals surface area contributed by atoms with Gasteiger partial charge in [-0.25, -0.2) is 4.79 Å². The number of hydrogen-bond donors (Lipinski definition) is 0. The molecule has 0 heterocycles. The van der Waals surface area contributed by atoms with E-state index < -0.39 is 23.8 Å². The van der Waals surface area contributed by atoms with Gasteiger partial charge in [0.05, 0.1) is 5.56 Å². The molecule has 1 atom stereocenters. The Morgan fingerprint density at radius 1 is 1.23 bits per heavy atom. The normalized spacial score (nSPS) is 12.3. The first kappa shape index (κ1) is 17.8. The molecule has 118 valence electrons. The Bertz CT molecular complexity index is 538. The van der Waals surface area contributed by atoms with E-state index in [1.54, 1.807) is 24.3 Å². The first-order valence-electron chi connectivity index (χ1n) is 6.84. The first-order chi connectivity index (χ1) is 10.4. The van der Waals surface area contributed by atoms with Crippen molar-refractivity contribution in [2.45, 2.75) is 31.3 Å². The smallest absolute Gasteiger partial charge is 0.344 e. The SMILES string of the molecule is C=CCCCC(=O)C(F)(F)C(C=C)OC(=O)c1ccccc1. The van der Waals surface area contributed by atoms with Crippen LogP contribution in [-0.2, 0) is 9.53 Å². The van der Waals surface area contributed by atoms with Gasteiger partial charge in [-0.1, -0.05) is 30.9 Å². The summed E-state index contributed by atoms with van der Waals surface area (Å²) in [5.74, 6) is -6.00.